The van der Waals surface area contributed by atoms with E-state index in [1.807, 2.05) is 0 Å². The van der Waals surface area contributed by atoms with Crippen molar-refractivity contribution in [1.29, 1.82) is 0 Å². The third-order valence-electron chi connectivity index (χ3n) is 2.33. The van der Waals surface area contributed by atoms with Crippen molar-refractivity contribution in [2.75, 3.05) is 0 Å². The van der Waals surface area contributed by atoms with E-state index in [1.54, 1.807) is 4.98 Å². The molecule has 0 radical (unpaired) electrons. The minimum atomic E-state index is -1.55. The zero-order valence-electron chi connectivity index (χ0n) is 9.16. The molecule has 0 saturated heterocycles. The fourth-order valence-corrected chi connectivity index (χ4v) is 1.49. The molecule has 0 amide bonds. The molecule has 1 aromatic heterocycles. The molecular formula is C10H6FN3O5. The molecule has 0 bridgehead atoms. The molecule has 0 fully saturated rings. The molecule has 2 N–H and O–H groups in total. The SMILES string of the molecule is O=c1[nH]c(=O)n(-c2cccc([N+](=O)[O-])c2)c(O)c1F. The van der Waals surface area contributed by atoms with Crippen LogP contribution in [0.5, 0.6) is 5.88 Å². The van der Waals surface area contributed by atoms with Gasteiger partial charge in [-0.15, -0.1) is 0 Å². The van der Waals surface area contributed by atoms with E-state index in [9.17, 15) is 29.2 Å². The highest BCUT2D eigenvalue weighted by Crippen LogP contribution is 2.19. The molecule has 0 unspecified atom stereocenters. The summed E-state index contributed by atoms with van der Waals surface area (Å²) in [6, 6.07) is 4.61. The second-order valence-electron chi connectivity index (χ2n) is 3.51. The molecular weight excluding hydrogens is 261 g/mol. The number of aromatic nitrogens is 2. The first-order valence-electron chi connectivity index (χ1n) is 4.90. The predicted molar refractivity (Wildman–Crippen MR) is 60.9 cm³/mol. The summed E-state index contributed by atoms with van der Waals surface area (Å²) in [5, 5.41) is 20.0. The van der Waals surface area contributed by atoms with Crippen molar-refractivity contribution in [2.45, 2.75) is 0 Å². The number of non-ortho nitro benzene ring substituents is 1. The van der Waals surface area contributed by atoms with Crippen molar-refractivity contribution in [3.05, 3.63) is 61.0 Å². The molecule has 2 aromatic rings. The third-order valence-corrected chi connectivity index (χ3v) is 2.33. The summed E-state index contributed by atoms with van der Waals surface area (Å²) in [5.41, 5.74) is -2.98. The first-order valence-corrected chi connectivity index (χ1v) is 4.90. The summed E-state index contributed by atoms with van der Waals surface area (Å²) in [6.07, 6.45) is 0. The maximum Gasteiger partial charge on any atom is 0.335 e. The smallest absolute Gasteiger partial charge is 0.335 e. The molecule has 0 saturated carbocycles. The number of nitrogens with zero attached hydrogens (tertiary/aromatic N) is 2. The normalized spacial score (nSPS) is 10.4. The van der Waals surface area contributed by atoms with Crippen molar-refractivity contribution in [2.24, 2.45) is 0 Å². The summed E-state index contributed by atoms with van der Waals surface area (Å²) >= 11 is 0. The van der Waals surface area contributed by atoms with Gasteiger partial charge in [0.25, 0.3) is 11.2 Å². The quantitative estimate of drug-likeness (QED) is 0.598. The molecule has 0 aliphatic heterocycles. The van der Waals surface area contributed by atoms with Crippen LogP contribution in [0.25, 0.3) is 5.69 Å². The lowest BCUT2D eigenvalue weighted by atomic mass is 10.3. The highest BCUT2D eigenvalue weighted by molar-refractivity contribution is 5.44. The highest BCUT2D eigenvalue weighted by Gasteiger charge is 2.16. The molecule has 0 aliphatic carbocycles. The Balaban J connectivity index is 2.76. The average molecular weight is 267 g/mol. The fourth-order valence-electron chi connectivity index (χ4n) is 1.49. The molecule has 0 aliphatic rings. The molecule has 98 valence electrons. The predicted octanol–water partition coefficient (Wildman–Crippen LogP) is 0.279. The molecule has 0 atom stereocenters. The number of nitro benzene ring substituents is 1. The standard InChI is InChI=1S/C10H6FN3O5/c11-7-8(15)12-10(17)13(9(7)16)5-2-1-3-6(4-5)14(18)19/h1-4,16H,(H,12,15,17). The summed E-state index contributed by atoms with van der Waals surface area (Å²) in [5.74, 6) is -2.76. The van der Waals surface area contributed by atoms with E-state index in [-0.39, 0.29) is 11.4 Å². The monoisotopic (exact) mass is 267 g/mol. The van der Waals surface area contributed by atoms with E-state index < -0.39 is 27.9 Å². The van der Waals surface area contributed by atoms with Gasteiger partial charge < -0.3 is 5.11 Å². The number of halogens is 1. The van der Waals surface area contributed by atoms with Crippen molar-refractivity contribution < 1.29 is 14.4 Å². The summed E-state index contributed by atoms with van der Waals surface area (Å²) in [7, 11) is 0. The first kappa shape index (κ1) is 12.5. The average Bonchev–Trinajstić information content (AvgIpc) is 2.36. The van der Waals surface area contributed by atoms with Gasteiger partial charge >= 0.3 is 5.69 Å². The van der Waals surface area contributed by atoms with Gasteiger partial charge in [-0.1, -0.05) is 6.07 Å². The van der Waals surface area contributed by atoms with E-state index in [1.165, 1.54) is 12.1 Å². The van der Waals surface area contributed by atoms with Crippen LogP contribution in [0.3, 0.4) is 0 Å². The van der Waals surface area contributed by atoms with Crippen LogP contribution in [-0.2, 0) is 0 Å². The molecule has 8 nitrogen and oxygen atoms in total. The zero-order valence-corrected chi connectivity index (χ0v) is 9.16. The number of benzene rings is 1. The van der Waals surface area contributed by atoms with Crippen LogP contribution in [0.15, 0.2) is 33.9 Å². The van der Waals surface area contributed by atoms with Gasteiger partial charge in [-0.2, -0.15) is 4.39 Å². The van der Waals surface area contributed by atoms with Crippen molar-refractivity contribution >= 4 is 5.69 Å². The fraction of sp³-hybridized carbons (Fsp3) is 0. The molecule has 0 spiro atoms. The van der Waals surface area contributed by atoms with Crippen LogP contribution in [0.4, 0.5) is 10.1 Å². The number of H-pyrrole nitrogens is 1. The molecule has 19 heavy (non-hydrogen) atoms. The lowest BCUT2D eigenvalue weighted by molar-refractivity contribution is -0.384. The maximum absolute atomic E-state index is 13.2. The largest absolute Gasteiger partial charge is 0.492 e. The zero-order chi connectivity index (χ0) is 14.2. The van der Waals surface area contributed by atoms with Gasteiger partial charge in [0.2, 0.25) is 11.7 Å². The Morgan fingerprint density at radius 3 is 2.68 bits per heavy atom. The van der Waals surface area contributed by atoms with E-state index in [0.717, 1.165) is 12.1 Å². The summed E-state index contributed by atoms with van der Waals surface area (Å²) < 4.78 is 13.6. The van der Waals surface area contributed by atoms with Crippen molar-refractivity contribution in [3.8, 4) is 11.6 Å². The Bertz CT molecular complexity index is 779. The van der Waals surface area contributed by atoms with Crippen LogP contribution >= 0.6 is 0 Å². The minimum absolute atomic E-state index is 0.146. The lowest BCUT2D eigenvalue weighted by Crippen LogP contribution is -2.30. The van der Waals surface area contributed by atoms with Gasteiger partial charge in [-0.05, 0) is 6.07 Å². The Labute approximate surface area is 103 Å². The lowest BCUT2D eigenvalue weighted by Gasteiger charge is -2.07. The van der Waals surface area contributed by atoms with Crippen LogP contribution in [-0.4, -0.2) is 19.6 Å². The molecule has 2 rings (SSSR count). The van der Waals surface area contributed by atoms with Gasteiger partial charge in [0.1, 0.15) is 0 Å². The summed E-state index contributed by atoms with van der Waals surface area (Å²) in [4.78, 5) is 33.9. The minimum Gasteiger partial charge on any atom is -0.492 e. The van der Waals surface area contributed by atoms with Crippen molar-refractivity contribution in [3.63, 3.8) is 0 Å². The number of hydrogen-bond acceptors (Lipinski definition) is 5. The second-order valence-corrected chi connectivity index (χ2v) is 3.51. The number of nitro groups is 1. The summed E-state index contributed by atoms with van der Waals surface area (Å²) in [6.45, 7) is 0. The topological polar surface area (TPSA) is 118 Å². The van der Waals surface area contributed by atoms with E-state index in [4.69, 9.17) is 0 Å². The third kappa shape index (κ3) is 2.08. The van der Waals surface area contributed by atoms with Crippen LogP contribution < -0.4 is 11.2 Å². The van der Waals surface area contributed by atoms with E-state index >= 15 is 0 Å². The second kappa shape index (κ2) is 4.37. The van der Waals surface area contributed by atoms with Crippen LogP contribution in [0.1, 0.15) is 0 Å². The van der Waals surface area contributed by atoms with Gasteiger partial charge in [0.05, 0.1) is 10.6 Å². The van der Waals surface area contributed by atoms with E-state index in [0.29, 0.717) is 4.57 Å². The molecule has 1 aromatic carbocycles. The molecule has 1 heterocycles. The number of hydrogen-bond donors (Lipinski definition) is 2. The number of aromatic hydroxyl groups is 1. The number of nitrogens with one attached hydrogen (secondary N) is 1. The Kier molecular flexibility index (Phi) is 2.87. The van der Waals surface area contributed by atoms with Gasteiger partial charge in [0, 0.05) is 12.1 Å². The number of aromatic amines is 1. The number of rotatable bonds is 2. The van der Waals surface area contributed by atoms with Gasteiger partial charge in [-0.3, -0.25) is 19.9 Å². The van der Waals surface area contributed by atoms with Crippen molar-refractivity contribution in [1.82, 2.24) is 9.55 Å². The van der Waals surface area contributed by atoms with Crippen LogP contribution in [0, 0.1) is 15.9 Å². The van der Waals surface area contributed by atoms with Gasteiger partial charge in [0.15, 0.2) is 0 Å². The first-order chi connectivity index (χ1) is 8.91. The van der Waals surface area contributed by atoms with Gasteiger partial charge in [-0.25, -0.2) is 9.36 Å². The maximum atomic E-state index is 13.2. The Morgan fingerprint density at radius 1 is 1.37 bits per heavy atom. The Hall–Kier alpha value is -2.97. The Morgan fingerprint density at radius 2 is 2.05 bits per heavy atom. The van der Waals surface area contributed by atoms with Crippen LogP contribution in [0.2, 0.25) is 0 Å². The van der Waals surface area contributed by atoms with E-state index in [2.05, 4.69) is 0 Å². The highest BCUT2D eigenvalue weighted by atomic mass is 19.1. The molecule has 9 heteroatoms.